The van der Waals surface area contributed by atoms with E-state index in [1.54, 1.807) is 11.3 Å². The van der Waals surface area contributed by atoms with Gasteiger partial charge in [0.1, 0.15) is 0 Å². The SMILES string of the molecule is Cc1cc(-c2[c-]cccc2)nc[c]1[Ge]([CH3])([CH3])[CH3].[2H]C(C)(C)c1ccnc(-c2[c-]c3ccccc3c3c2sc2ccccc23)c1.[Ir]. The third-order valence-electron chi connectivity index (χ3n) is 7.78. The summed E-state index contributed by atoms with van der Waals surface area (Å²) in [4.78, 5) is 9.23. The first-order valence-electron chi connectivity index (χ1n) is 15.2. The van der Waals surface area contributed by atoms with Crippen molar-refractivity contribution in [3.63, 3.8) is 0 Å². The number of rotatable bonds is 4. The number of thiophene rings is 1. The first kappa shape index (κ1) is 30.9. The minimum Gasteiger partial charge on any atom is -0.295 e. The zero-order chi connectivity index (χ0) is 31.1. The second kappa shape index (κ2) is 13.5. The predicted molar refractivity (Wildman–Crippen MR) is 189 cm³/mol. The normalized spacial score (nSPS) is 12.0. The standard InChI is InChI=1S/C24H18NS.C15H18GeN.Ir/c1-15(2)16-11-12-25-21(14-16)20-13-17-7-3-4-8-18(17)23-19-9-5-6-10-22(19)26-24(20)23;1-12-10-15(13-8-6-5-7-9-13)17-11-14(12)16(2,3)4;/h3-12,14-15H,1-2H3;5-8,10-11H,1-4H3;/q2*-1;/i15D;;. The van der Waals surface area contributed by atoms with Gasteiger partial charge >= 0.3 is 106 Å². The second-order valence-electron chi connectivity index (χ2n) is 12.2. The van der Waals surface area contributed by atoms with Crippen LogP contribution < -0.4 is 4.40 Å². The number of pyridine rings is 2. The summed E-state index contributed by atoms with van der Waals surface area (Å²) in [5.74, 6) is 6.54. The van der Waals surface area contributed by atoms with Crippen LogP contribution in [0.1, 0.15) is 32.2 Å². The average molecular weight is 831 g/mol. The molecule has 0 N–H and O–H groups in total. The summed E-state index contributed by atoms with van der Waals surface area (Å²) < 4.78 is 12.4. The molecule has 0 aliphatic heterocycles. The van der Waals surface area contributed by atoms with Crippen LogP contribution in [0.3, 0.4) is 0 Å². The minimum atomic E-state index is -1.77. The fourth-order valence-corrected chi connectivity index (χ4v) is 10.4. The van der Waals surface area contributed by atoms with Crippen molar-refractivity contribution < 1.29 is 21.5 Å². The molecule has 2 nitrogen and oxygen atoms in total. The molecule has 7 aromatic rings. The maximum atomic E-state index is 8.38. The van der Waals surface area contributed by atoms with Crippen LogP contribution in [0.15, 0.2) is 103 Å². The number of hydrogen-bond acceptors (Lipinski definition) is 3. The Bertz CT molecular complexity index is 2110. The van der Waals surface area contributed by atoms with Gasteiger partial charge in [-0.25, -0.2) is 0 Å². The van der Waals surface area contributed by atoms with Crippen LogP contribution in [0.5, 0.6) is 0 Å². The molecule has 0 aliphatic rings. The average Bonchev–Trinajstić information content (AvgIpc) is 3.40. The fraction of sp³-hybridized carbons (Fsp3) is 0.179. The molecule has 0 unspecified atom stereocenters. The summed E-state index contributed by atoms with van der Waals surface area (Å²) in [5.41, 5.74) is 6.34. The predicted octanol–water partition coefficient (Wildman–Crippen LogP) is 10.6. The number of hydrogen-bond donors (Lipinski definition) is 0. The van der Waals surface area contributed by atoms with Gasteiger partial charge in [0.05, 0.1) is 0 Å². The minimum absolute atomic E-state index is 0. The molecule has 7 rings (SSSR count). The quantitative estimate of drug-likeness (QED) is 0.130. The Balaban J connectivity index is 0.000000193. The van der Waals surface area contributed by atoms with E-state index >= 15 is 0 Å². The Labute approximate surface area is 282 Å². The van der Waals surface area contributed by atoms with E-state index in [4.69, 9.17) is 1.37 Å². The van der Waals surface area contributed by atoms with Gasteiger partial charge in [0.2, 0.25) is 0 Å². The number of aromatic nitrogens is 2. The molecule has 0 saturated carbocycles. The van der Waals surface area contributed by atoms with Gasteiger partial charge in [0, 0.05) is 38.1 Å². The zero-order valence-electron chi connectivity index (χ0n) is 27.0. The molecule has 3 heterocycles. The first-order chi connectivity index (χ1) is 21.0. The molecule has 0 amide bonds. The molecule has 223 valence electrons. The Hall–Kier alpha value is -3.15. The largest absolute Gasteiger partial charge is 0.295 e. The monoisotopic (exact) mass is 832 g/mol. The third kappa shape index (κ3) is 6.60. The Morgan fingerprint density at radius 2 is 1.57 bits per heavy atom. The van der Waals surface area contributed by atoms with Crippen molar-refractivity contribution in [1.82, 2.24) is 9.97 Å². The van der Waals surface area contributed by atoms with Crippen LogP contribution >= 0.6 is 11.3 Å². The van der Waals surface area contributed by atoms with Crippen LogP contribution in [0.25, 0.3) is 53.5 Å². The number of aryl methyl sites for hydroxylation is 1. The fourth-order valence-electron chi connectivity index (χ4n) is 5.59. The van der Waals surface area contributed by atoms with Crippen molar-refractivity contribution in [2.45, 2.75) is 43.9 Å². The molecule has 0 aliphatic carbocycles. The Morgan fingerprint density at radius 3 is 2.27 bits per heavy atom. The second-order valence-corrected chi connectivity index (χ2v) is 23.8. The molecule has 0 fully saturated rings. The third-order valence-corrected chi connectivity index (χ3v) is 13.5. The summed E-state index contributed by atoms with van der Waals surface area (Å²) >= 11 is 0.0206. The molecule has 0 saturated heterocycles. The van der Waals surface area contributed by atoms with Gasteiger partial charge in [0.15, 0.2) is 0 Å². The van der Waals surface area contributed by atoms with Crippen molar-refractivity contribution >= 4 is 59.9 Å². The molecule has 44 heavy (non-hydrogen) atoms. The van der Waals surface area contributed by atoms with Gasteiger partial charge in [-0.15, -0.1) is 17.5 Å². The van der Waals surface area contributed by atoms with E-state index in [1.165, 1.54) is 35.5 Å². The van der Waals surface area contributed by atoms with Gasteiger partial charge < -0.3 is 0 Å². The van der Waals surface area contributed by atoms with E-state index in [0.717, 1.165) is 33.5 Å². The van der Waals surface area contributed by atoms with Gasteiger partial charge in [0.25, 0.3) is 0 Å². The van der Waals surface area contributed by atoms with Crippen LogP contribution in [-0.4, -0.2) is 23.2 Å². The summed E-state index contributed by atoms with van der Waals surface area (Å²) in [6, 6.07) is 38.0. The van der Waals surface area contributed by atoms with Crippen LogP contribution in [-0.2, 0) is 20.1 Å². The maximum absolute atomic E-state index is 8.38. The van der Waals surface area contributed by atoms with Crippen molar-refractivity contribution in [2.75, 3.05) is 0 Å². The summed E-state index contributed by atoms with van der Waals surface area (Å²) in [7, 11) is 0. The van der Waals surface area contributed by atoms with E-state index in [0.29, 0.717) is 0 Å². The zero-order valence-corrected chi connectivity index (χ0v) is 31.3. The van der Waals surface area contributed by atoms with Crippen LogP contribution in [0.2, 0.25) is 17.3 Å². The van der Waals surface area contributed by atoms with Gasteiger partial charge in [-0.1, -0.05) is 72.6 Å². The maximum Gasteiger partial charge on any atom is 0.0346 e. The number of fused-ring (bicyclic) bond motifs is 5. The molecule has 4 aromatic carbocycles. The van der Waals surface area contributed by atoms with E-state index < -0.39 is 19.2 Å². The van der Waals surface area contributed by atoms with Gasteiger partial charge in [-0.3, -0.25) is 4.98 Å². The van der Waals surface area contributed by atoms with Crippen molar-refractivity contribution in [3.05, 3.63) is 127 Å². The molecule has 0 bridgehead atoms. The number of benzene rings is 4. The van der Waals surface area contributed by atoms with E-state index in [-0.39, 0.29) is 20.1 Å². The first-order valence-corrected chi connectivity index (χ1v) is 22.8. The van der Waals surface area contributed by atoms with Crippen molar-refractivity contribution in [1.29, 1.82) is 0 Å². The smallest absolute Gasteiger partial charge is 0.0346 e. The topological polar surface area (TPSA) is 25.8 Å². The molecule has 0 atom stereocenters. The molecule has 3 aromatic heterocycles. The number of nitrogens with zero attached hydrogens (tertiary/aromatic N) is 2. The van der Waals surface area contributed by atoms with Gasteiger partial charge in [-0.2, -0.15) is 11.3 Å². The van der Waals surface area contributed by atoms with Crippen molar-refractivity contribution in [2.24, 2.45) is 0 Å². The summed E-state index contributed by atoms with van der Waals surface area (Å²) in [5, 5.41) is 4.88. The Kier molecular flexibility index (Phi) is 9.44. The molecule has 1 radical (unpaired) electrons. The summed E-state index contributed by atoms with van der Waals surface area (Å²) in [6.07, 6.45) is 3.88. The van der Waals surface area contributed by atoms with E-state index in [2.05, 4.69) is 113 Å². The Morgan fingerprint density at radius 1 is 0.841 bits per heavy atom. The van der Waals surface area contributed by atoms with Crippen LogP contribution in [0, 0.1) is 19.1 Å². The van der Waals surface area contributed by atoms with E-state index in [9.17, 15) is 0 Å². The van der Waals surface area contributed by atoms with Crippen LogP contribution in [0.4, 0.5) is 0 Å². The van der Waals surface area contributed by atoms with E-state index in [1.807, 2.05) is 50.4 Å². The molecule has 5 heteroatoms. The molecule has 0 spiro atoms. The van der Waals surface area contributed by atoms with Crippen molar-refractivity contribution in [3.8, 4) is 22.5 Å². The summed E-state index contributed by atoms with van der Waals surface area (Å²) in [6.45, 7) is 6.01. The molecular weight excluding hydrogens is 793 g/mol. The van der Waals surface area contributed by atoms with Gasteiger partial charge in [-0.05, 0) is 33.7 Å². The molecular formula is C39H36GeIrN2S-2.